The van der Waals surface area contributed by atoms with E-state index in [2.05, 4.69) is 32.3 Å². The highest BCUT2D eigenvalue weighted by Gasteiger charge is 2.60. The molecule has 0 aromatic carbocycles. The molecule has 0 radical (unpaired) electrons. The molecule has 0 aromatic heterocycles. The van der Waals surface area contributed by atoms with Gasteiger partial charge in [-0.05, 0) is 87.4 Å². The number of hydrogen-bond donors (Lipinski definition) is 2. The third kappa shape index (κ3) is 3.06. The Hall–Kier alpha value is -0.870. The first-order chi connectivity index (χ1) is 13.1. The van der Waals surface area contributed by atoms with Crippen LogP contribution < -0.4 is 11.2 Å². The highest BCUT2D eigenvalue weighted by atomic mass is 16.7. The van der Waals surface area contributed by atoms with Crippen molar-refractivity contribution in [3.05, 3.63) is 11.8 Å². The van der Waals surface area contributed by atoms with Crippen LogP contribution in [0.4, 0.5) is 0 Å². The van der Waals surface area contributed by atoms with E-state index >= 15 is 0 Å². The van der Waals surface area contributed by atoms with Gasteiger partial charge in [0.1, 0.15) is 11.4 Å². The molecule has 0 bridgehead atoms. The first-order valence-electron chi connectivity index (χ1n) is 11.5. The SMILES string of the molecule is C[C@H]1C[C@@H]2[C@H](CC[C@]3(C)C(=O)CC[C@@H]23)[C@@]2(C)CCC(NOC(C)(C)CN)=CC12. The van der Waals surface area contributed by atoms with Gasteiger partial charge >= 0.3 is 0 Å². The number of nitrogens with one attached hydrogen (secondary N) is 1. The van der Waals surface area contributed by atoms with E-state index in [1.54, 1.807) is 0 Å². The molecule has 4 nitrogen and oxygen atoms in total. The van der Waals surface area contributed by atoms with Gasteiger partial charge in [0, 0.05) is 24.1 Å². The predicted octanol–water partition coefficient (Wildman–Crippen LogP) is 4.60. The van der Waals surface area contributed by atoms with E-state index < -0.39 is 0 Å². The third-order valence-corrected chi connectivity index (χ3v) is 9.28. The van der Waals surface area contributed by atoms with Gasteiger partial charge in [0.2, 0.25) is 0 Å². The lowest BCUT2D eigenvalue weighted by Gasteiger charge is -2.60. The minimum atomic E-state index is -0.353. The summed E-state index contributed by atoms with van der Waals surface area (Å²) in [4.78, 5) is 18.5. The lowest BCUT2D eigenvalue weighted by Crippen LogP contribution is -2.55. The van der Waals surface area contributed by atoms with Crippen molar-refractivity contribution in [2.24, 2.45) is 46.2 Å². The Balaban J connectivity index is 1.55. The summed E-state index contributed by atoms with van der Waals surface area (Å²) in [5, 5.41) is 0. The topological polar surface area (TPSA) is 64.3 Å². The molecule has 158 valence electrons. The van der Waals surface area contributed by atoms with Gasteiger partial charge in [0.05, 0.1) is 0 Å². The quantitative estimate of drug-likeness (QED) is 0.691. The van der Waals surface area contributed by atoms with Gasteiger partial charge in [0.15, 0.2) is 0 Å². The van der Waals surface area contributed by atoms with Gasteiger partial charge < -0.3 is 5.73 Å². The Kier molecular flexibility index (Phi) is 4.98. The van der Waals surface area contributed by atoms with Crippen molar-refractivity contribution >= 4 is 5.78 Å². The van der Waals surface area contributed by atoms with E-state index in [-0.39, 0.29) is 11.0 Å². The monoisotopic (exact) mass is 388 g/mol. The van der Waals surface area contributed by atoms with E-state index in [4.69, 9.17) is 10.6 Å². The first kappa shape index (κ1) is 20.4. The standard InChI is InChI=1S/C24H40N2O2/c1-15-12-17-18-6-7-21(27)24(18,5)11-9-19(17)23(4)10-8-16(13-20(15)23)26-28-22(2,3)14-25/h13,15,17-20,26H,6-12,14,25H2,1-5H3/t15-,17-,18-,19-,20?,23+,24-/m0/s1. The Labute approximate surface area is 171 Å². The van der Waals surface area contributed by atoms with E-state index in [0.29, 0.717) is 35.5 Å². The zero-order valence-corrected chi connectivity index (χ0v) is 18.5. The minimum Gasteiger partial charge on any atom is -0.328 e. The number of fused-ring (bicyclic) bond motifs is 5. The Morgan fingerprint density at radius 1 is 1.21 bits per heavy atom. The maximum atomic E-state index is 12.6. The van der Waals surface area contributed by atoms with Crippen molar-refractivity contribution in [2.75, 3.05) is 6.54 Å². The third-order valence-electron chi connectivity index (χ3n) is 9.28. The van der Waals surface area contributed by atoms with Crippen LogP contribution in [-0.4, -0.2) is 17.9 Å². The van der Waals surface area contributed by atoms with E-state index in [9.17, 15) is 4.79 Å². The number of allylic oxidation sites excluding steroid dienone is 2. The van der Waals surface area contributed by atoms with Gasteiger partial charge in [-0.1, -0.05) is 26.8 Å². The summed E-state index contributed by atoms with van der Waals surface area (Å²) < 4.78 is 0. The first-order valence-corrected chi connectivity index (χ1v) is 11.5. The molecule has 0 spiro atoms. The second-order valence-corrected chi connectivity index (χ2v) is 11.4. The van der Waals surface area contributed by atoms with E-state index in [1.165, 1.54) is 25.0 Å². The highest BCUT2D eigenvalue weighted by Crippen LogP contribution is 2.66. The van der Waals surface area contributed by atoms with Gasteiger partial charge in [-0.15, -0.1) is 0 Å². The van der Waals surface area contributed by atoms with Gasteiger partial charge in [-0.3, -0.25) is 15.1 Å². The van der Waals surface area contributed by atoms with Crippen molar-refractivity contribution in [1.29, 1.82) is 0 Å². The molecule has 3 fully saturated rings. The molecule has 4 aliphatic carbocycles. The van der Waals surface area contributed by atoms with Crippen LogP contribution in [0.15, 0.2) is 11.8 Å². The highest BCUT2D eigenvalue weighted by molar-refractivity contribution is 5.87. The largest absolute Gasteiger partial charge is 0.328 e. The summed E-state index contributed by atoms with van der Waals surface area (Å²) in [5.74, 6) is 3.91. The molecule has 0 aliphatic heterocycles. The second-order valence-electron chi connectivity index (χ2n) is 11.4. The smallest absolute Gasteiger partial charge is 0.139 e. The summed E-state index contributed by atoms with van der Waals surface area (Å²) in [6.45, 7) is 11.8. The average Bonchev–Trinajstić information content (AvgIpc) is 2.96. The molecule has 0 amide bonds. The molecular formula is C24H40N2O2. The number of rotatable bonds is 4. The fourth-order valence-corrected chi connectivity index (χ4v) is 7.42. The molecule has 28 heavy (non-hydrogen) atoms. The normalized spacial score (nSPS) is 45.7. The van der Waals surface area contributed by atoms with Crippen LogP contribution >= 0.6 is 0 Å². The molecule has 7 atom stereocenters. The number of Topliss-reactive ketones (excluding diaryl/α,β-unsaturated/α-hetero) is 1. The van der Waals surface area contributed by atoms with Crippen LogP contribution in [-0.2, 0) is 9.63 Å². The number of nitrogens with two attached hydrogens (primary N) is 1. The van der Waals surface area contributed by atoms with Crippen molar-refractivity contribution in [3.8, 4) is 0 Å². The van der Waals surface area contributed by atoms with Gasteiger partial charge in [-0.2, -0.15) is 0 Å². The molecule has 0 aromatic rings. The zero-order chi connectivity index (χ0) is 20.3. The summed E-state index contributed by atoms with van der Waals surface area (Å²) in [7, 11) is 0. The molecule has 4 aliphatic rings. The lowest BCUT2D eigenvalue weighted by molar-refractivity contribution is -0.139. The number of hydrogen-bond acceptors (Lipinski definition) is 4. The second kappa shape index (κ2) is 6.84. The molecule has 4 rings (SSSR count). The summed E-state index contributed by atoms with van der Waals surface area (Å²) in [5.41, 5.74) is 10.2. The van der Waals surface area contributed by atoms with Gasteiger partial charge in [0.25, 0.3) is 0 Å². The fourth-order valence-electron chi connectivity index (χ4n) is 7.42. The van der Waals surface area contributed by atoms with Crippen LogP contribution in [0.1, 0.15) is 79.6 Å². The molecule has 4 heteroatoms. The molecule has 0 saturated heterocycles. The number of carbonyl (C=O) groups excluding carboxylic acids is 1. The van der Waals surface area contributed by atoms with Crippen LogP contribution in [0.5, 0.6) is 0 Å². The van der Waals surface area contributed by atoms with Crippen LogP contribution in [0.25, 0.3) is 0 Å². The van der Waals surface area contributed by atoms with Crippen LogP contribution in [0, 0.1) is 40.4 Å². The zero-order valence-electron chi connectivity index (χ0n) is 18.5. The summed E-state index contributed by atoms with van der Waals surface area (Å²) >= 11 is 0. The van der Waals surface area contributed by atoms with Crippen LogP contribution in [0.2, 0.25) is 0 Å². The van der Waals surface area contributed by atoms with E-state index in [1.807, 2.05) is 13.8 Å². The fraction of sp³-hybridized carbons (Fsp3) is 0.875. The molecular weight excluding hydrogens is 348 g/mol. The van der Waals surface area contributed by atoms with Crippen molar-refractivity contribution in [3.63, 3.8) is 0 Å². The molecule has 3 saturated carbocycles. The number of carbonyl (C=O) groups is 1. The molecule has 1 unspecified atom stereocenters. The Bertz CT molecular complexity index is 672. The minimum absolute atomic E-state index is 0.0248. The van der Waals surface area contributed by atoms with Crippen molar-refractivity contribution in [1.82, 2.24) is 5.48 Å². The van der Waals surface area contributed by atoms with E-state index in [0.717, 1.165) is 37.5 Å². The van der Waals surface area contributed by atoms with Gasteiger partial charge in [-0.25, -0.2) is 0 Å². The summed E-state index contributed by atoms with van der Waals surface area (Å²) in [6, 6.07) is 0. The van der Waals surface area contributed by atoms with Crippen molar-refractivity contribution in [2.45, 2.75) is 85.2 Å². The van der Waals surface area contributed by atoms with Crippen molar-refractivity contribution < 1.29 is 9.63 Å². The number of ketones is 1. The molecule has 3 N–H and O–H groups in total. The maximum Gasteiger partial charge on any atom is 0.139 e. The number of hydroxylamine groups is 1. The average molecular weight is 389 g/mol. The predicted molar refractivity (Wildman–Crippen MR) is 112 cm³/mol. The maximum absolute atomic E-state index is 12.6. The summed E-state index contributed by atoms with van der Waals surface area (Å²) in [6.07, 6.45) is 10.3. The lowest BCUT2D eigenvalue weighted by atomic mass is 9.44. The Morgan fingerprint density at radius 2 is 1.96 bits per heavy atom. The Morgan fingerprint density at radius 3 is 2.68 bits per heavy atom. The van der Waals surface area contributed by atoms with Crippen LogP contribution in [0.3, 0.4) is 0 Å². The molecule has 0 heterocycles.